The van der Waals surface area contributed by atoms with E-state index in [-0.39, 0.29) is 11.5 Å². The highest BCUT2D eigenvalue weighted by Gasteiger charge is 2.30. The third-order valence-electron chi connectivity index (χ3n) is 4.42. The number of benzene rings is 2. The summed E-state index contributed by atoms with van der Waals surface area (Å²) in [7, 11) is 1.66. The highest BCUT2D eigenvalue weighted by molar-refractivity contribution is 14.1. The second-order valence-corrected chi connectivity index (χ2v) is 9.00. The van der Waals surface area contributed by atoms with Gasteiger partial charge in [0, 0.05) is 7.05 Å². The molecule has 1 heterocycles. The summed E-state index contributed by atoms with van der Waals surface area (Å²) >= 11 is 3.48. The normalized spacial score (nSPS) is 16.1. The van der Waals surface area contributed by atoms with Gasteiger partial charge in [-0.1, -0.05) is 6.92 Å². The van der Waals surface area contributed by atoms with Crippen molar-refractivity contribution in [1.29, 1.82) is 0 Å². The Labute approximate surface area is 204 Å². The zero-order valence-electron chi connectivity index (χ0n) is 17.9. The fraction of sp³-hybridized carbons (Fsp3) is 0.261. The van der Waals surface area contributed by atoms with Crippen LogP contribution in [0.3, 0.4) is 0 Å². The number of hydrogen-bond donors (Lipinski definition) is 1. The van der Waals surface area contributed by atoms with Crippen LogP contribution in [-0.4, -0.2) is 47.3 Å². The predicted octanol–water partition coefficient (Wildman–Crippen LogP) is 5.41. The van der Waals surface area contributed by atoms with Gasteiger partial charge in [-0.25, -0.2) is 9.79 Å². The Morgan fingerprint density at radius 3 is 2.56 bits per heavy atom. The Hall–Kier alpha value is -2.53. The minimum absolute atomic E-state index is 0.157. The first-order valence-electron chi connectivity index (χ1n) is 10.0. The summed E-state index contributed by atoms with van der Waals surface area (Å²) < 4.78 is 12.5. The summed E-state index contributed by atoms with van der Waals surface area (Å²) in [5, 5.41) is 9.55. The van der Waals surface area contributed by atoms with E-state index in [4.69, 9.17) is 14.6 Å². The summed E-state index contributed by atoms with van der Waals surface area (Å²) in [4.78, 5) is 30.3. The molecule has 0 unspecified atom stereocenters. The minimum Gasteiger partial charge on any atom is -0.490 e. The highest BCUT2D eigenvalue weighted by Crippen LogP contribution is 2.37. The van der Waals surface area contributed by atoms with Crippen molar-refractivity contribution in [1.82, 2.24) is 4.90 Å². The Morgan fingerprint density at radius 1 is 1.22 bits per heavy atom. The molecule has 2 aromatic rings. The molecule has 0 aromatic heterocycles. The van der Waals surface area contributed by atoms with Crippen LogP contribution in [0.4, 0.5) is 5.69 Å². The van der Waals surface area contributed by atoms with Gasteiger partial charge in [-0.3, -0.25) is 9.69 Å². The van der Waals surface area contributed by atoms with E-state index in [1.165, 1.54) is 28.8 Å². The maximum Gasteiger partial charge on any atom is 0.335 e. The van der Waals surface area contributed by atoms with Crippen LogP contribution in [0.5, 0.6) is 11.5 Å². The van der Waals surface area contributed by atoms with Crippen molar-refractivity contribution in [2.24, 2.45) is 4.99 Å². The summed E-state index contributed by atoms with van der Waals surface area (Å²) in [5.41, 5.74) is 1.59. The molecule has 9 heteroatoms. The first kappa shape index (κ1) is 24.1. The standard InChI is InChI=1S/C23H23IN2O5S/c1-4-10-31-20-17(24)11-14(12-18(20)30-5-2)13-19-21(27)26(3)23(32-19)25-16-8-6-15(7-9-16)22(28)29/h6-9,11-13H,4-5,10H2,1-3H3,(H,28,29)/b19-13+,25-23?. The summed E-state index contributed by atoms with van der Waals surface area (Å²) in [6.45, 7) is 5.07. The van der Waals surface area contributed by atoms with Crippen LogP contribution in [0.2, 0.25) is 0 Å². The van der Waals surface area contributed by atoms with Crippen molar-refractivity contribution in [3.63, 3.8) is 0 Å². The summed E-state index contributed by atoms with van der Waals surface area (Å²) in [6.07, 6.45) is 2.71. The second-order valence-electron chi connectivity index (χ2n) is 6.83. The van der Waals surface area contributed by atoms with E-state index in [2.05, 4.69) is 27.6 Å². The first-order valence-corrected chi connectivity index (χ1v) is 11.9. The number of amides is 1. The Bertz CT molecular complexity index is 1080. The number of nitrogens with zero attached hydrogens (tertiary/aromatic N) is 2. The van der Waals surface area contributed by atoms with Crippen LogP contribution in [0.15, 0.2) is 46.3 Å². The number of aromatic carboxylic acids is 1. The predicted molar refractivity (Wildman–Crippen MR) is 135 cm³/mol. The number of carboxylic acids is 1. The fourth-order valence-electron chi connectivity index (χ4n) is 2.87. The molecule has 1 saturated heterocycles. The number of carbonyl (C=O) groups excluding carboxylic acids is 1. The molecule has 0 aliphatic carbocycles. The first-order chi connectivity index (χ1) is 15.3. The molecule has 168 valence electrons. The van der Waals surface area contributed by atoms with Crippen molar-refractivity contribution in [3.05, 3.63) is 56.0 Å². The molecule has 1 amide bonds. The van der Waals surface area contributed by atoms with Gasteiger partial charge in [-0.05, 0) is 95.7 Å². The molecule has 2 aromatic carbocycles. The smallest absolute Gasteiger partial charge is 0.335 e. The van der Waals surface area contributed by atoms with Crippen LogP contribution in [-0.2, 0) is 4.79 Å². The van der Waals surface area contributed by atoms with Gasteiger partial charge in [0.15, 0.2) is 16.7 Å². The molecule has 1 aliphatic rings. The number of thioether (sulfide) groups is 1. The molecule has 1 fully saturated rings. The number of amidine groups is 1. The van der Waals surface area contributed by atoms with E-state index >= 15 is 0 Å². The maximum absolute atomic E-state index is 12.8. The zero-order chi connectivity index (χ0) is 23.3. The molecule has 1 aliphatic heterocycles. The molecule has 1 N–H and O–H groups in total. The lowest BCUT2D eigenvalue weighted by molar-refractivity contribution is -0.121. The van der Waals surface area contributed by atoms with E-state index in [0.717, 1.165) is 15.6 Å². The van der Waals surface area contributed by atoms with Gasteiger partial charge >= 0.3 is 5.97 Å². The summed E-state index contributed by atoms with van der Waals surface area (Å²) in [5.74, 6) is 0.209. The average molecular weight is 566 g/mol. The molecule has 0 radical (unpaired) electrons. The third-order valence-corrected chi connectivity index (χ3v) is 6.28. The number of ether oxygens (including phenoxy) is 2. The monoisotopic (exact) mass is 566 g/mol. The number of carboxylic acid groups (broad SMARTS) is 1. The lowest BCUT2D eigenvalue weighted by Crippen LogP contribution is -2.23. The maximum atomic E-state index is 12.8. The van der Waals surface area contributed by atoms with Crippen LogP contribution in [0, 0.1) is 3.57 Å². The summed E-state index contributed by atoms with van der Waals surface area (Å²) in [6, 6.07) is 10.0. The highest BCUT2D eigenvalue weighted by atomic mass is 127. The van der Waals surface area contributed by atoms with Crippen molar-refractivity contribution >= 4 is 63.2 Å². The molecule has 0 spiro atoms. The van der Waals surface area contributed by atoms with E-state index in [1.807, 2.05) is 32.1 Å². The van der Waals surface area contributed by atoms with Crippen molar-refractivity contribution in [2.75, 3.05) is 20.3 Å². The molecule has 0 atom stereocenters. The van der Waals surface area contributed by atoms with Crippen LogP contribution < -0.4 is 9.47 Å². The number of aliphatic imine (C=N–C) groups is 1. The second kappa shape index (κ2) is 10.9. The Morgan fingerprint density at radius 2 is 1.94 bits per heavy atom. The van der Waals surface area contributed by atoms with Gasteiger partial charge in [-0.15, -0.1) is 0 Å². The Balaban J connectivity index is 1.88. The average Bonchev–Trinajstić information content (AvgIpc) is 3.01. The van der Waals surface area contributed by atoms with Crippen molar-refractivity contribution in [3.8, 4) is 11.5 Å². The largest absolute Gasteiger partial charge is 0.490 e. The van der Waals surface area contributed by atoms with Crippen molar-refractivity contribution < 1.29 is 24.2 Å². The van der Waals surface area contributed by atoms with E-state index < -0.39 is 5.97 Å². The van der Waals surface area contributed by atoms with Crippen molar-refractivity contribution in [2.45, 2.75) is 20.3 Å². The van der Waals surface area contributed by atoms with Gasteiger partial charge < -0.3 is 14.6 Å². The number of carbonyl (C=O) groups is 2. The Kier molecular flexibility index (Phi) is 8.19. The van der Waals surface area contributed by atoms with Gasteiger partial charge in [0.05, 0.1) is 32.9 Å². The zero-order valence-corrected chi connectivity index (χ0v) is 20.9. The van der Waals surface area contributed by atoms with Gasteiger partial charge in [-0.2, -0.15) is 0 Å². The molecule has 7 nitrogen and oxygen atoms in total. The molecule has 0 bridgehead atoms. The van der Waals surface area contributed by atoms with E-state index in [1.54, 1.807) is 19.2 Å². The molecular weight excluding hydrogens is 543 g/mol. The molecule has 32 heavy (non-hydrogen) atoms. The topological polar surface area (TPSA) is 88.4 Å². The van der Waals surface area contributed by atoms with Crippen LogP contribution in [0.25, 0.3) is 6.08 Å². The van der Waals surface area contributed by atoms with Gasteiger partial charge in [0.25, 0.3) is 5.91 Å². The van der Waals surface area contributed by atoms with Gasteiger partial charge in [0.2, 0.25) is 0 Å². The SMILES string of the molecule is CCCOc1c(I)cc(/C=C2/SC(=Nc3ccc(C(=O)O)cc3)N(C)C2=O)cc1OCC. The fourth-order valence-corrected chi connectivity index (χ4v) is 4.64. The number of hydrogen-bond acceptors (Lipinski definition) is 6. The van der Waals surface area contributed by atoms with Gasteiger partial charge in [0.1, 0.15) is 0 Å². The molecular formula is C23H23IN2O5S. The minimum atomic E-state index is -0.996. The lowest BCUT2D eigenvalue weighted by atomic mass is 10.2. The van der Waals surface area contributed by atoms with E-state index in [0.29, 0.717) is 40.5 Å². The third kappa shape index (κ3) is 5.63. The van der Waals surface area contributed by atoms with Crippen LogP contribution >= 0.6 is 34.4 Å². The number of halogens is 1. The quantitative estimate of drug-likeness (QED) is 0.340. The molecule has 3 rings (SSSR count). The molecule has 0 saturated carbocycles. The lowest BCUT2D eigenvalue weighted by Gasteiger charge is -2.14. The van der Waals surface area contributed by atoms with E-state index in [9.17, 15) is 9.59 Å². The van der Waals surface area contributed by atoms with Crippen LogP contribution in [0.1, 0.15) is 36.2 Å². The number of likely N-dealkylation sites (N-methyl/N-ethyl adjacent to an activating group) is 1. The number of rotatable bonds is 8.